The van der Waals surface area contributed by atoms with Crippen molar-refractivity contribution in [2.24, 2.45) is 7.05 Å². The quantitative estimate of drug-likeness (QED) is 0.564. The molecule has 134 valence electrons. The van der Waals surface area contributed by atoms with Crippen molar-refractivity contribution >= 4 is 5.69 Å². The Balaban J connectivity index is 2.16. The second kappa shape index (κ2) is 6.10. The lowest BCUT2D eigenvalue weighted by Gasteiger charge is -2.08. The zero-order valence-corrected chi connectivity index (χ0v) is 13.1. The van der Waals surface area contributed by atoms with E-state index < -0.39 is 22.4 Å². The lowest BCUT2D eigenvalue weighted by molar-refractivity contribution is -0.384. The lowest BCUT2D eigenvalue weighted by atomic mass is 10.1. The Morgan fingerprint density at radius 1 is 1.27 bits per heavy atom. The molecule has 0 saturated carbocycles. The highest BCUT2D eigenvalue weighted by Crippen LogP contribution is 2.36. The molecular formula is C15H10F3N5O3. The first-order valence-electron chi connectivity index (χ1n) is 7.10. The third-order valence-corrected chi connectivity index (χ3v) is 3.52. The number of phenols is 1. The minimum atomic E-state index is -4.66. The van der Waals surface area contributed by atoms with Crippen LogP contribution in [0.2, 0.25) is 0 Å². The number of alkyl halides is 3. The molecule has 11 heteroatoms. The van der Waals surface area contributed by atoms with E-state index in [0.29, 0.717) is 0 Å². The summed E-state index contributed by atoms with van der Waals surface area (Å²) < 4.78 is 40.6. The van der Waals surface area contributed by atoms with Gasteiger partial charge in [0.2, 0.25) is 5.82 Å². The van der Waals surface area contributed by atoms with E-state index in [2.05, 4.69) is 15.1 Å². The third kappa shape index (κ3) is 3.06. The van der Waals surface area contributed by atoms with Crippen LogP contribution in [0.3, 0.4) is 0 Å². The van der Waals surface area contributed by atoms with Crippen LogP contribution >= 0.6 is 0 Å². The van der Waals surface area contributed by atoms with E-state index in [4.69, 9.17) is 0 Å². The molecule has 2 aromatic heterocycles. The van der Waals surface area contributed by atoms with Crippen LogP contribution in [0.1, 0.15) is 5.56 Å². The average molecular weight is 365 g/mol. The predicted octanol–water partition coefficient (Wildman–Crippen LogP) is 3.18. The Morgan fingerprint density at radius 3 is 2.65 bits per heavy atom. The average Bonchev–Trinajstić information content (AvgIpc) is 2.96. The first-order chi connectivity index (χ1) is 12.2. The number of nitro groups is 1. The molecule has 3 rings (SSSR count). The van der Waals surface area contributed by atoms with Gasteiger partial charge in [0, 0.05) is 25.4 Å². The number of benzene rings is 1. The minimum Gasteiger partial charge on any atom is -0.507 e. The Morgan fingerprint density at radius 2 is 2.00 bits per heavy atom. The van der Waals surface area contributed by atoms with Gasteiger partial charge in [0.25, 0.3) is 5.69 Å². The molecule has 0 bridgehead atoms. The van der Waals surface area contributed by atoms with Gasteiger partial charge < -0.3 is 5.11 Å². The summed E-state index contributed by atoms with van der Waals surface area (Å²) in [5, 5.41) is 24.8. The normalized spacial score (nSPS) is 11.5. The molecule has 0 aliphatic carbocycles. The van der Waals surface area contributed by atoms with Crippen LogP contribution in [-0.4, -0.2) is 29.8 Å². The zero-order valence-electron chi connectivity index (χ0n) is 13.1. The maximum atomic E-state index is 13.2. The van der Waals surface area contributed by atoms with Crippen LogP contribution < -0.4 is 0 Å². The van der Waals surface area contributed by atoms with E-state index in [1.54, 1.807) is 0 Å². The fourth-order valence-corrected chi connectivity index (χ4v) is 2.35. The molecule has 0 amide bonds. The van der Waals surface area contributed by atoms with Gasteiger partial charge in [-0.15, -0.1) is 5.10 Å². The van der Waals surface area contributed by atoms with Crippen LogP contribution in [0, 0.1) is 10.1 Å². The number of halogens is 3. The Hall–Kier alpha value is -3.50. The standard InChI is InChI=1S/C15H10F3N5O3/c1-22-14(9-7-8(23(25)26)4-5-11(9)24)20-13(21-22)12-10(15(16,17)18)3-2-6-19-12/h2-7,24H,1H3. The van der Waals surface area contributed by atoms with E-state index in [1.165, 1.54) is 13.2 Å². The fourth-order valence-electron chi connectivity index (χ4n) is 2.35. The highest BCUT2D eigenvalue weighted by Gasteiger charge is 2.35. The molecule has 0 saturated heterocycles. The largest absolute Gasteiger partial charge is 0.507 e. The number of nitrogens with zero attached hydrogens (tertiary/aromatic N) is 5. The predicted molar refractivity (Wildman–Crippen MR) is 83.0 cm³/mol. The van der Waals surface area contributed by atoms with E-state index >= 15 is 0 Å². The van der Waals surface area contributed by atoms with Crippen molar-refractivity contribution in [3.8, 4) is 28.7 Å². The Kier molecular flexibility index (Phi) is 4.06. The van der Waals surface area contributed by atoms with Crippen LogP contribution in [0.5, 0.6) is 5.75 Å². The van der Waals surface area contributed by atoms with Crippen LogP contribution in [-0.2, 0) is 13.2 Å². The van der Waals surface area contributed by atoms with Gasteiger partial charge in [-0.05, 0) is 18.2 Å². The van der Waals surface area contributed by atoms with Gasteiger partial charge in [0.1, 0.15) is 11.4 Å². The molecule has 0 radical (unpaired) electrons. The molecule has 1 aromatic carbocycles. The molecule has 0 aliphatic rings. The minimum absolute atomic E-state index is 0.0371. The van der Waals surface area contributed by atoms with Crippen molar-refractivity contribution < 1.29 is 23.2 Å². The van der Waals surface area contributed by atoms with Crippen LogP contribution in [0.25, 0.3) is 22.9 Å². The molecule has 0 fully saturated rings. The zero-order chi connectivity index (χ0) is 19.1. The van der Waals surface area contributed by atoms with Crippen molar-refractivity contribution in [1.29, 1.82) is 0 Å². The molecular weight excluding hydrogens is 355 g/mol. The van der Waals surface area contributed by atoms with E-state index in [9.17, 15) is 28.4 Å². The van der Waals surface area contributed by atoms with Crippen molar-refractivity contribution in [2.45, 2.75) is 6.18 Å². The molecule has 0 unspecified atom stereocenters. The molecule has 2 heterocycles. The molecule has 3 aromatic rings. The van der Waals surface area contributed by atoms with E-state index in [1.807, 2.05) is 0 Å². The van der Waals surface area contributed by atoms with Gasteiger partial charge in [-0.2, -0.15) is 13.2 Å². The summed E-state index contributed by atoms with van der Waals surface area (Å²) in [6.07, 6.45) is -3.48. The van der Waals surface area contributed by atoms with Crippen molar-refractivity contribution in [3.05, 3.63) is 52.2 Å². The molecule has 26 heavy (non-hydrogen) atoms. The first kappa shape index (κ1) is 17.3. The van der Waals surface area contributed by atoms with Gasteiger partial charge in [0.05, 0.1) is 16.1 Å². The number of hydrogen-bond acceptors (Lipinski definition) is 6. The van der Waals surface area contributed by atoms with Gasteiger partial charge >= 0.3 is 6.18 Å². The third-order valence-electron chi connectivity index (χ3n) is 3.52. The van der Waals surface area contributed by atoms with Crippen LogP contribution in [0.4, 0.5) is 18.9 Å². The number of hydrogen-bond donors (Lipinski definition) is 1. The molecule has 0 aliphatic heterocycles. The smallest absolute Gasteiger partial charge is 0.418 e. The SMILES string of the molecule is Cn1nc(-c2ncccc2C(F)(F)F)nc1-c1cc([N+](=O)[O-])ccc1O. The molecule has 1 N–H and O–H groups in total. The van der Waals surface area contributed by atoms with Crippen molar-refractivity contribution in [1.82, 2.24) is 19.7 Å². The summed E-state index contributed by atoms with van der Waals surface area (Å²) in [5.41, 5.74) is -1.84. The Labute approximate surface area is 143 Å². The summed E-state index contributed by atoms with van der Waals surface area (Å²) >= 11 is 0. The Bertz CT molecular complexity index is 1000. The summed E-state index contributed by atoms with van der Waals surface area (Å²) in [4.78, 5) is 17.9. The molecule has 0 atom stereocenters. The lowest BCUT2D eigenvalue weighted by Crippen LogP contribution is -2.08. The van der Waals surface area contributed by atoms with Gasteiger partial charge in [-0.3, -0.25) is 15.1 Å². The second-order valence-corrected chi connectivity index (χ2v) is 5.24. The summed E-state index contributed by atoms with van der Waals surface area (Å²) in [6, 6.07) is 5.25. The maximum Gasteiger partial charge on any atom is 0.418 e. The number of nitro benzene ring substituents is 1. The number of phenolic OH excluding ortho intramolecular Hbond substituents is 1. The second-order valence-electron chi connectivity index (χ2n) is 5.24. The first-order valence-corrected chi connectivity index (χ1v) is 7.10. The molecule has 8 nitrogen and oxygen atoms in total. The number of aryl methyl sites for hydroxylation is 1. The van der Waals surface area contributed by atoms with E-state index in [-0.39, 0.29) is 28.6 Å². The van der Waals surface area contributed by atoms with Crippen molar-refractivity contribution in [2.75, 3.05) is 0 Å². The summed E-state index contributed by atoms with van der Waals surface area (Å²) in [7, 11) is 1.39. The molecule has 0 spiro atoms. The monoisotopic (exact) mass is 365 g/mol. The van der Waals surface area contributed by atoms with Gasteiger partial charge in [-0.25, -0.2) is 9.67 Å². The number of rotatable bonds is 3. The van der Waals surface area contributed by atoms with E-state index in [0.717, 1.165) is 35.0 Å². The maximum absolute atomic E-state index is 13.2. The van der Waals surface area contributed by atoms with Crippen molar-refractivity contribution in [3.63, 3.8) is 0 Å². The highest BCUT2D eigenvalue weighted by molar-refractivity contribution is 5.69. The number of non-ortho nitro benzene ring substituents is 1. The fraction of sp³-hybridized carbons (Fsp3) is 0.133. The van der Waals surface area contributed by atoms with Gasteiger partial charge in [-0.1, -0.05) is 0 Å². The summed E-state index contributed by atoms with van der Waals surface area (Å²) in [6.45, 7) is 0. The number of aromatic hydroxyl groups is 1. The number of aromatic nitrogens is 4. The topological polar surface area (TPSA) is 107 Å². The summed E-state index contributed by atoms with van der Waals surface area (Å²) in [5.74, 6) is -0.684. The highest BCUT2D eigenvalue weighted by atomic mass is 19.4. The number of pyridine rings is 1. The van der Waals surface area contributed by atoms with Gasteiger partial charge in [0.15, 0.2) is 5.82 Å². The van der Waals surface area contributed by atoms with Crippen LogP contribution in [0.15, 0.2) is 36.5 Å².